The normalized spacial score (nSPS) is 14.7. The van der Waals surface area contributed by atoms with E-state index < -0.39 is 6.04 Å². The minimum atomic E-state index is -0.775. The summed E-state index contributed by atoms with van der Waals surface area (Å²) in [5, 5.41) is 2.00. The Hall–Kier alpha value is -4.31. The number of amides is 1. The summed E-state index contributed by atoms with van der Waals surface area (Å²) in [6, 6.07) is 18.3. The molecule has 11 heteroatoms. The van der Waals surface area contributed by atoms with Gasteiger partial charge in [-0.25, -0.2) is 4.99 Å². The van der Waals surface area contributed by atoms with Gasteiger partial charge in [-0.3, -0.25) is 14.2 Å². The van der Waals surface area contributed by atoms with Crippen molar-refractivity contribution in [3.63, 3.8) is 0 Å². The highest BCUT2D eigenvalue weighted by molar-refractivity contribution is 7.07. The van der Waals surface area contributed by atoms with Crippen LogP contribution in [0, 0.1) is 0 Å². The number of aromatic nitrogens is 2. The average molecular weight is 690 g/mol. The zero-order valence-electron chi connectivity index (χ0n) is 26.7. The number of likely N-dealkylation sites (N-methyl/N-ethyl adjacent to an activating group) is 1. The molecule has 0 aliphatic carbocycles. The van der Waals surface area contributed by atoms with Crippen molar-refractivity contribution in [3.05, 3.63) is 125 Å². The molecule has 3 heterocycles. The summed E-state index contributed by atoms with van der Waals surface area (Å²) in [4.78, 5) is 35.6. The van der Waals surface area contributed by atoms with E-state index in [1.165, 1.54) is 11.3 Å². The van der Waals surface area contributed by atoms with E-state index in [0.29, 0.717) is 67.3 Å². The van der Waals surface area contributed by atoms with Gasteiger partial charge in [0.1, 0.15) is 17.5 Å². The molecule has 1 atom stereocenters. The lowest BCUT2D eigenvalue weighted by Gasteiger charge is -2.30. The third kappa shape index (κ3) is 5.99. The Morgan fingerprint density at radius 2 is 1.79 bits per heavy atom. The first kappa shape index (κ1) is 32.6. The van der Waals surface area contributed by atoms with E-state index in [1.807, 2.05) is 69.4 Å². The average Bonchev–Trinajstić information content (AvgIpc) is 3.57. The number of methoxy groups -OCH3 is 2. The van der Waals surface area contributed by atoms with Crippen LogP contribution in [0.4, 0.5) is 0 Å². The highest BCUT2D eigenvalue weighted by atomic mass is 35.5. The van der Waals surface area contributed by atoms with Gasteiger partial charge in [0.25, 0.3) is 11.5 Å². The highest BCUT2D eigenvalue weighted by Gasteiger charge is 2.36. The summed E-state index contributed by atoms with van der Waals surface area (Å²) < 4.78 is 15.6. The first-order chi connectivity index (χ1) is 22.7. The van der Waals surface area contributed by atoms with Gasteiger partial charge in [-0.2, -0.15) is 0 Å². The lowest BCUT2D eigenvalue weighted by Crippen LogP contribution is -2.43. The third-order valence-electron chi connectivity index (χ3n) is 8.48. The fourth-order valence-corrected chi connectivity index (χ4v) is 7.48. The predicted octanol–water partition coefficient (Wildman–Crippen LogP) is 6.43. The van der Waals surface area contributed by atoms with Crippen LogP contribution in [0.5, 0.6) is 11.5 Å². The summed E-state index contributed by atoms with van der Waals surface area (Å²) >= 11 is 13.8. The van der Waals surface area contributed by atoms with E-state index >= 15 is 0 Å². The molecule has 1 amide bonds. The largest absolute Gasteiger partial charge is 0.497 e. The number of rotatable bonds is 9. The minimum absolute atomic E-state index is 0.175. The van der Waals surface area contributed by atoms with Crippen LogP contribution in [-0.4, -0.2) is 47.3 Å². The van der Waals surface area contributed by atoms with Crippen molar-refractivity contribution in [2.45, 2.75) is 33.4 Å². The van der Waals surface area contributed by atoms with Crippen LogP contribution >= 0.6 is 34.5 Å². The second kappa shape index (κ2) is 13.4. The number of carbonyl (C=O) groups excluding carboxylic acids is 1. The summed E-state index contributed by atoms with van der Waals surface area (Å²) in [5.74, 6) is 0.947. The van der Waals surface area contributed by atoms with Gasteiger partial charge in [-0.1, -0.05) is 58.8 Å². The number of allylic oxidation sites excluding steroid dienone is 1. The van der Waals surface area contributed by atoms with Gasteiger partial charge in [0, 0.05) is 47.9 Å². The van der Waals surface area contributed by atoms with Gasteiger partial charge in [0.15, 0.2) is 4.80 Å². The zero-order valence-corrected chi connectivity index (χ0v) is 29.0. The van der Waals surface area contributed by atoms with Crippen molar-refractivity contribution < 1.29 is 14.3 Å². The van der Waals surface area contributed by atoms with E-state index in [2.05, 4.69) is 10.6 Å². The number of carbonyl (C=O) groups is 1. The molecule has 242 valence electrons. The van der Waals surface area contributed by atoms with Crippen molar-refractivity contribution in [1.82, 2.24) is 14.0 Å². The maximum Gasteiger partial charge on any atom is 0.271 e. The van der Waals surface area contributed by atoms with E-state index in [9.17, 15) is 9.59 Å². The second-order valence-corrected chi connectivity index (χ2v) is 13.0. The van der Waals surface area contributed by atoms with Crippen LogP contribution < -0.4 is 24.4 Å². The molecule has 1 aliphatic heterocycles. The molecule has 2 aromatic heterocycles. The molecule has 0 fully saturated rings. The lowest BCUT2D eigenvalue weighted by atomic mass is 9.93. The molecule has 0 bridgehead atoms. The highest BCUT2D eigenvalue weighted by Crippen LogP contribution is 2.38. The standard InChI is InChI=1S/C36H34Cl2N4O4S/c1-6-40(7-2)35(44)32-21(3)39-36-42(33(32)26-18-24(45-4)13-15-30(26)46-5)34(43)31(47-36)17-23-20-41(29-11-9-8-10-25(23)29)19-22-12-14-27(37)28(38)16-22/h8-18,20,33H,6-7,19H2,1-5H3/b31-17+/t33-/m0/s1. The zero-order chi connectivity index (χ0) is 33.4. The molecule has 47 heavy (non-hydrogen) atoms. The molecule has 0 spiro atoms. The van der Waals surface area contributed by atoms with Gasteiger partial charge >= 0.3 is 0 Å². The van der Waals surface area contributed by atoms with Gasteiger partial charge in [-0.05, 0) is 68.8 Å². The first-order valence-corrected chi connectivity index (χ1v) is 16.8. The molecule has 1 aliphatic rings. The second-order valence-electron chi connectivity index (χ2n) is 11.1. The molecule has 0 unspecified atom stereocenters. The molecular weight excluding hydrogens is 655 g/mol. The Balaban J connectivity index is 1.55. The Kier molecular flexibility index (Phi) is 9.32. The fourth-order valence-electron chi connectivity index (χ4n) is 6.12. The van der Waals surface area contributed by atoms with E-state index in [1.54, 1.807) is 41.9 Å². The summed E-state index contributed by atoms with van der Waals surface area (Å²) in [7, 11) is 3.16. The Morgan fingerprint density at radius 3 is 2.49 bits per heavy atom. The molecule has 5 aromatic rings. The molecule has 8 nitrogen and oxygen atoms in total. The number of halogens is 2. The number of hydrogen-bond donors (Lipinski definition) is 0. The monoisotopic (exact) mass is 688 g/mol. The summed E-state index contributed by atoms with van der Waals surface area (Å²) in [5.41, 5.74) is 4.28. The van der Waals surface area contributed by atoms with Gasteiger partial charge < -0.3 is 18.9 Å². The van der Waals surface area contributed by atoms with Gasteiger partial charge in [0.05, 0.1) is 40.1 Å². The molecular formula is C36H34Cl2N4O4S. The van der Waals surface area contributed by atoms with Crippen LogP contribution in [-0.2, 0) is 11.3 Å². The number of benzene rings is 3. The number of hydrogen-bond acceptors (Lipinski definition) is 6. The van der Waals surface area contributed by atoms with E-state index in [-0.39, 0.29) is 11.5 Å². The predicted molar refractivity (Wildman–Crippen MR) is 189 cm³/mol. The van der Waals surface area contributed by atoms with Crippen molar-refractivity contribution >= 4 is 57.4 Å². The van der Waals surface area contributed by atoms with Crippen LogP contribution in [0.3, 0.4) is 0 Å². The van der Waals surface area contributed by atoms with Gasteiger partial charge in [0.2, 0.25) is 0 Å². The quantitative estimate of drug-likeness (QED) is 0.179. The third-order valence-corrected chi connectivity index (χ3v) is 10.2. The SMILES string of the molecule is CCN(CC)C(=O)C1=C(C)N=c2s/c(=C/c3cn(Cc4ccc(Cl)c(Cl)c4)c4ccccc34)c(=O)n2[C@H]1c1cc(OC)ccc1OC. The van der Waals surface area contributed by atoms with E-state index in [4.69, 9.17) is 37.7 Å². The Morgan fingerprint density at radius 1 is 1.02 bits per heavy atom. The van der Waals surface area contributed by atoms with Crippen LogP contribution in [0.1, 0.15) is 43.5 Å². The summed E-state index contributed by atoms with van der Waals surface area (Å²) in [6.45, 7) is 7.30. The minimum Gasteiger partial charge on any atom is -0.497 e. The van der Waals surface area contributed by atoms with Crippen LogP contribution in [0.25, 0.3) is 17.0 Å². The number of fused-ring (bicyclic) bond motifs is 2. The van der Waals surface area contributed by atoms with Crippen molar-refractivity contribution in [2.75, 3.05) is 27.3 Å². The fraction of sp³-hybridized carbons (Fsp3) is 0.250. The van der Waals surface area contributed by atoms with Crippen molar-refractivity contribution in [2.24, 2.45) is 4.99 Å². The summed E-state index contributed by atoms with van der Waals surface area (Å²) in [6.07, 6.45) is 3.94. The number of thiazole rings is 1. The maximum atomic E-state index is 14.5. The van der Waals surface area contributed by atoms with Crippen LogP contribution in [0.2, 0.25) is 10.0 Å². The topological polar surface area (TPSA) is 78.1 Å². The number of para-hydroxylation sites is 1. The van der Waals surface area contributed by atoms with Crippen molar-refractivity contribution in [3.8, 4) is 11.5 Å². The van der Waals surface area contributed by atoms with Gasteiger partial charge in [-0.15, -0.1) is 0 Å². The molecule has 0 saturated carbocycles. The Bertz CT molecular complexity index is 2230. The molecule has 6 rings (SSSR count). The molecule has 0 radical (unpaired) electrons. The van der Waals surface area contributed by atoms with E-state index in [0.717, 1.165) is 22.0 Å². The molecule has 3 aromatic carbocycles. The maximum absolute atomic E-state index is 14.5. The Labute approximate surface area is 286 Å². The lowest BCUT2D eigenvalue weighted by molar-refractivity contribution is -0.127. The number of ether oxygens (including phenoxy) is 2. The smallest absolute Gasteiger partial charge is 0.271 e. The first-order valence-electron chi connectivity index (χ1n) is 15.2. The molecule has 0 saturated heterocycles. The van der Waals surface area contributed by atoms with Crippen molar-refractivity contribution in [1.29, 1.82) is 0 Å². The number of nitrogens with zero attached hydrogens (tertiary/aromatic N) is 4. The molecule has 0 N–H and O–H groups in total. The van der Waals surface area contributed by atoms with Crippen LogP contribution in [0.15, 0.2) is 87.9 Å².